The van der Waals surface area contributed by atoms with Gasteiger partial charge in [-0.1, -0.05) is 30.3 Å². The highest BCUT2D eigenvalue weighted by Crippen LogP contribution is 2.28. The molecule has 0 saturated heterocycles. The number of nitriles is 1. The van der Waals surface area contributed by atoms with Crippen LogP contribution in [0.4, 0.5) is 5.69 Å². The van der Waals surface area contributed by atoms with Crippen molar-refractivity contribution in [2.24, 2.45) is 0 Å². The first-order valence-corrected chi connectivity index (χ1v) is 8.32. The minimum atomic E-state index is -0.601. The van der Waals surface area contributed by atoms with E-state index in [2.05, 4.69) is 0 Å². The maximum absolute atomic E-state index is 12.1. The average molecular weight is 361 g/mol. The number of esters is 1. The smallest absolute Gasteiger partial charge is 0.357 e. The monoisotopic (exact) mass is 361 g/mol. The summed E-state index contributed by atoms with van der Waals surface area (Å²) in [5.41, 5.74) is 9.05. The van der Waals surface area contributed by atoms with E-state index in [-0.39, 0.29) is 16.9 Å². The lowest BCUT2D eigenvalue weighted by Gasteiger charge is -2.13. The molecule has 0 spiro atoms. The SMILES string of the molecule is COC(=O)c1c(N)c(C#N)cn1-c1ccc(OCc2ccccc2)c(C)c1. The molecule has 136 valence electrons. The van der Waals surface area contributed by atoms with Gasteiger partial charge in [-0.05, 0) is 36.2 Å². The second-order valence-corrected chi connectivity index (χ2v) is 6.00. The standard InChI is InChI=1S/C21H19N3O3/c1-14-10-17(8-9-18(14)27-13-15-6-4-3-5-7-15)24-12-16(11-22)19(23)20(24)21(25)26-2/h3-10,12H,13,23H2,1-2H3. The highest BCUT2D eigenvalue weighted by molar-refractivity contribution is 5.95. The van der Waals surface area contributed by atoms with E-state index in [0.29, 0.717) is 12.3 Å². The molecule has 0 radical (unpaired) electrons. The molecule has 2 N–H and O–H groups in total. The molecule has 0 atom stereocenters. The molecular formula is C21H19N3O3. The summed E-state index contributed by atoms with van der Waals surface area (Å²) >= 11 is 0. The molecule has 0 saturated carbocycles. The van der Waals surface area contributed by atoms with E-state index in [4.69, 9.17) is 15.2 Å². The molecule has 0 aliphatic carbocycles. The van der Waals surface area contributed by atoms with Gasteiger partial charge in [0.15, 0.2) is 5.69 Å². The van der Waals surface area contributed by atoms with Crippen molar-refractivity contribution in [1.29, 1.82) is 5.26 Å². The number of carbonyl (C=O) groups is 1. The van der Waals surface area contributed by atoms with E-state index in [1.165, 1.54) is 13.3 Å². The van der Waals surface area contributed by atoms with Crippen molar-refractivity contribution < 1.29 is 14.3 Å². The number of hydrogen-bond donors (Lipinski definition) is 1. The Kier molecular flexibility index (Phi) is 5.13. The van der Waals surface area contributed by atoms with Gasteiger partial charge in [0.1, 0.15) is 18.4 Å². The van der Waals surface area contributed by atoms with Crippen LogP contribution in [0.15, 0.2) is 54.7 Å². The van der Waals surface area contributed by atoms with Gasteiger partial charge < -0.3 is 19.8 Å². The Balaban J connectivity index is 1.92. The number of nitrogen functional groups attached to an aromatic ring is 1. The van der Waals surface area contributed by atoms with Gasteiger partial charge >= 0.3 is 5.97 Å². The number of rotatable bonds is 5. The predicted molar refractivity (Wildman–Crippen MR) is 102 cm³/mol. The first kappa shape index (κ1) is 18.1. The number of aromatic nitrogens is 1. The Morgan fingerprint density at radius 3 is 2.59 bits per heavy atom. The highest BCUT2D eigenvalue weighted by Gasteiger charge is 2.22. The minimum absolute atomic E-state index is 0.103. The molecule has 0 aliphatic heterocycles. The molecule has 0 amide bonds. The number of nitrogens with zero attached hydrogens (tertiary/aromatic N) is 2. The van der Waals surface area contributed by atoms with Crippen molar-refractivity contribution in [3.8, 4) is 17.5 Å². The molecule has 6 nitrogen and oxygen atoms in total. The van der Waals surface area contributed by atoms with Crippen LogP contribution < -0.4 is 10.5 Å². The Labute approximate surface area is 157 Å². The number of aryl methyl sites for hydroxylation is 1. The van der Waals surface area contributed by atoms with Crippen molar-refractivity contribution in [3.63, 3.8) is 0 Å². The Morgan fingerprint density at radius 2 is 1.96 bits per heavy atom. The summed E-state index contributed by atoms with van der Waals surface area (Å²) in [5.74, 6) is 0.138. The fourth-order valence-electron chi connectivity index (χ4n) is 2.80. The Bertz CT molecular complexity index is 1020. The van der Waals surface area contributed by atoms with Crippen LogP contribution in [-0.4, -0.2) is 17.6 Å². The first-order valence-electron chi connectivity index (χ1n) is 8.32. The van der Waals surface area contributed by atoms with Crippen molar-refractivity contribution in [3.05, 3.63) is 77.1 Å². The van der Waals surface area contributed by atoms with Crippen molar-refractivity contribution in [2.45, 2.75) is 13.5 Å². The van der Waals surface area contributed by atoms with Gasteiger partial charge in [0, 0.05) is 11.9 Å². The molecule has 0 bridgehead atoms. The lowest BCUT2D eigenvalue weighted by molar-refractivity contribution is 0.0593. The van der Waals surface area contributed by atoms with Crippen LogP contribution in [0, 0.1) is 18.3 Å². The molecular weight excluding hydrogens is 342 g/mol. The lowest BCUT2D eigenvalue weighted by atomic mass is 10.2. The van der Waals surface area contributed by atoms with Crippen LogP contribution in [0.2, 0.25) is 0 Å². The second kappa shape index (κ2) is 7.67. The molecule has 6 heteroatoms. The number of carbonyl (C=O) groups excluding carboxylic acids is 1. The number of nitrogens with two attached hydrogens (primary N) is 1. The molecule has 3 aromatic rings. The maximum atomic E-state index is 12.1. The molecule has 0 aliphatic rings. The summed E-state index contributed by atoms with van der Waals surface area (Å²) in [6.07, 6.45) is 1.53. The van der Waals surface area contributed by atoms with E-state index >= 15 is 0 Å². The summed E-state index contributed by atoms with van der Waals surface area (Å²) in [7, 11) is 1.27. The topological polar surface area (TPSA) is 90.3 Å². The number of methoxy groups -OCH3 is 1. The Morgan fingerprint density at radius 1 is 1.22 bits per heavy atom. The van der Waals surface area contributed by atoms with Crippen LogP contribution >= 0.6 is 0 Å². The normalized spacial score (nSPS) is 10.3. The minimum Gasteiger partial charge on any atom is -0.489 e. The van der Waals surface area contributed by atoms with Crippen LogP contribution in [0.25, 0.3) is 5.69 Å². The summed E-state index contributed by atoms with van der Waals surface area (Å²) < 4.78 is 12.3. The van der Waals surface area contributed by atoms with E-state index in [1.54, 1.807) is 10.6 Å². The van der Waals surface area contributed by atoms with Crippen LogP contribution in [0.5, 0.6) is 5.75 Å². The van der Waals surface area contributed by atoms with E-state index < -0.39 is 5.97 Å². The number of benzene rings is 2. The first-order chi connectivity index (χ1) is 13.0. The third-order valence-corrected chi connectivity index (χ3v) is 4.22. The van der Waals surface area contributed by atoms with Gasteiger partial charge in [-0.3, -0.25) is 0 Å². The van der Waals surface area contributed by atoms with Gasteiger partial charge in [-0.25, -0.2) is 4.79 Å². The number of anilines is 1. The number of ether oxygens (including phenoxy) is 2. The average Bonchev–Trinajstić information content (AvgIpc) is 3.03. The van der Waals surface area contributed by atoms with Gasteiger partial charge in [0.2, 0.25) is 0 Å². The molecule has 0 unspecified atom stereocenters. The van der Waals surface area contributed by atoms with E-state index in [9.17, 15) is 10.1 Å². The van der Waals surface area contributed by atoms with Crippen LogP contribution in [0.1, 0.15) is 27.2 Å². The Hall–Kier alpha value is -3.72. The number of hydrogen-bond acceptors (Lipinski definition) is 5. The molecule has 1 heterocycles. The van der Waals surface area contributed by atoms with Gasteiger partial charge in [-0.2, -0.15) is 5.26 Å². The summed E-state index contributed by atoms with van der Waals surface area (Å²) in [5, 5.41) is 9.22. The van der Waals surface area contributed by atoms with Crippen molar-refractivity contribution in [2.75, 3.05) is 12.8 Å². The molecule has 1 aromatic heterocycles. The highest BCUT2D eigenvalue weighted by atomic mass is 16.5. The summed E-state index contributed by atoms with van der Waals surface area (Å²) in [4.78, 5) is 12.1. The van der Waals surface area contributed by atoms with E-state index in [1.807, 2.05) is 55.5 Å². The van der Waals surface area contributed by atoms with E-state index in [0.717, 1.165) is 16.9 Å². The fraction of sp³-hybridized carbons (Fsp3) is 0.143. The zero-order chi connectivity index (χ0) is 19.4. The molecule has 0 fully saturated rings. The third-order valence-electron chi connectivity index (χ3n) is 4.22. The quantitative estimate of drug-likeness (QED) is 0.701. The van der Waals surface area contributed by atoms with Crippen LogP contribution in [0.3, 0.4) is 0 Å². The lowest BCUT2D eigenvalue weighted by Crippen LogP contribution is -2.11. The van der Waals surface area contributed by atoms with Gasteiger partial charge in [0.05, 0.1) is 18.4 Å². The zero-order valence-electron chi connectivity index (χ0n) is 15.1. The predicted octanol–water partition coefficient (Wildman–Crippen LogP) is 3.61. The molecule has 27 heavy (non-hydrogen) atoms. The second-order valence-electron chi connectivity index (χ2n) is 6.00. The molecule has 3 rings (SSSR count). The van der Waals surface area contributed by atoms with Crippen LogP contribution in [-0.2, 0) is 11.3 Å². The largest absolute Gasteiger partial charge is 0.489 e. The zero-order valence-corrected chi connectivity index (χ0v) is 15.1. The summed E-state index contributed by atoms with van der Waals surface area (Å²) in [6.45, 7) is 2.38. The van der Waals surface area contributed by atoms with Gasteiger partial charge in [0.25, 0.3) is 0 Å². The fourth-order valence-corrected chi connectivity index (χ4v) is 2.80. The molecule has 2 aromatic carbocycles. The third kappa shape index (κ3) is 3.62. The summed E-state index contributed by atoms with van der Waals surface area (Å²) in [6, 6.07) is 17.4. The van der Waals surface area contributed by atoms with Gasteiger partial charge in [-0.15, -0.1) is 0 Å². The van der Waals surface area contributed by atoms with Crippen molar-refractivity contribution in [1.82, 2.24) is 4.57 Å². The van der Waals surface area contributed by atoms with Crippen molar-refractivity contribution >= 4 is 11.7 Å². The maximum Gasteiger partial charge on any atom is 0.357 e.